The predicted octanol–water partition coefficient (Wildman–Crippen LogP) is 3.03. The molecule has 0 N–H and O–H groups in total. The van der Waals surface area contributed by atoms with Gasteiger partial charge < -0.3 is 0 Å². The van der Waals surface area contributed by atoms with Crippen LogP contribution in [0.5, 0.6) is 0 Å². The Hall–Kier alpha value is -0.0200. The van der Waals surface area contributed by atoms with Crippen LogP contribution >= 0.6 is 23.1 Å². The molecule has 0 radical (unpaired) electrons. The number of thioether (sulfide) groups is 1. The van der Waals surface area contributed by atoms with E-state index in [1.54, 1.807) is 11.3 Å². The van der Waals surface area contributed by atoms with E-state index in [4.69, 9.17) is 0 Å². The van der Waals surface area contributed by atoms with Crippen LogP contribution < -0.4 is 0 Å². The minimum Gasteiger partial charge on any atom is -0.238 e. The first kappa shape index (κ1) is 8.08. The average molecular weight is 173 g/mol. The Morgan fingerprint density at radius 1 is 1.50 bits per heavy atom. The normalized spacial score (nSPS) is 11.9. The fourth-order valence-corrected chi connectivity index (χ4v) is 2.63. The molecule has 56 valence electrons. The van der Waals surface area contributed by atoms with Gasteiger partial charge in [-0.2, -0.15) is 0 Å². The molecule has 0 aliphatic heterocycles. The van der Waals surface area contributed by atoms with E-state index in [9.17, 15) is 0 Å². The van der Waals surface area contributed by atoms with E-state index in [1.807, 2.05) is 23.3 Å². The Labute approximate surface area is 69.9 Å². The summed E-state index contributed by atoms with van der Waals surface area (Å²) in [7, 11) is 0. The Morgan fingerprint density at radius 3 is 2.60 bits per heavy atom. The van der Waals surface area contributed by atoms with Crippen molar-refractivity contribution in [2.24, 2.45) is 0 Å². The van der Waals surface area contributed by atoms with E-state index >= 15 is 0 Å². The van der Waals surface area contributed by atoms with Gasteiger partial charge in [-0.3, -0.25) is 0 Å². The van der Waals surface area contributed by atoms with Crippen LogP contribution in [0.4, 0.5) is 0 Å². The van der Waals surface area contributed by atoms with Gasteiger partial charge in [-0.1, -0.05) is 32.5 Å². The summed E-state index contributed by atoms with van der Waals surface area (Å²) < 4.78 is 1.45. The first-order valence-corrected chi connectivity index (χ1v) is 4.86. The van der Waals surface area contributed by atoms with E-state index in [0.717, 1.165) is 4.34 Å². The van der Waals surface area contributed by atoms with E-state index in [1.165, 1.54) is 0 Å². The van der Waals surface area contributed by atoms with Crippen LogP contribution in [-0.2, 0) is 0 Å². The number of thiazole rings is 1. The summed E-state index contributed by atoms with van der Waals surface area (Å²) in [5, 5.41) is 2.01. The summed E-state index contributed by atoms with van der Waals surface area (Å²) in [5.74, 6) is 0. The third-order valence-electron chi connectivity index (χ3n) is 0.803. The summed E-state index contributed by atoms with van der Waals surface area (Å²) in [6.45, 7) is 6.58. The lowest BCUT2D eigenvalue weighted by Crippen LogP contribution is -2.05. The predicted molar refractivity (Wildman–Crippen MR) is 47.7 cm³/mol. The van der Waals surface area contributed by atoms with Crippen LogP contribution in [0.3, 0.4) is 0 Å². The lowest BCUT2D eigenvalue weighted by Gasteiger charge is -2.14. The largest absolute Gasteiger partial charge is 0.238 e. The van der Waals surface area contributed by atoms with E-state index < -0.39 is 0 Å². The molecule has 0 aliphatic rings. The Kier molecular flexibility index (Phi) is 2.36. The third kappa shape index (κ3) is 2.71. The summed E-state index contributed by atoms with van der Waals surface area (Å²) in [6.07, 6.45) is 1.85. The van der Waals surface area contributed by atoms with Crippen molar-refractivity contribution in [3.63, 3.8) is 0 Å². The molecule has 0 bridgehead atoms. The maximum atomic E-state index is 4.18. The van der Waals surface area contributed by atoms with Gasteiger partial charge in [-0.05, 0) is 0 Å². The molecule has 0 aromatic carbocycles. The topological polar surface area (TPSA) is 12.9 Å². The van der Waals surface area contributed by atoms with Gasteiger partial charge in [-0.15, -0.1) is 11.3 Å². The fraction of sp³-hybridized carbons (Fsp3) is 0.571. The van der Waals surface area contributed by atoms with Gasteiger partial charge in [0.15, 0.2) is 0 Å². The van der Waals surface area contributed by atoms with Crippen molar-refractivity contribution in [1.82, 2.24) is 4.98 Å². The lowest BCUT2D eigenvalue weighted by atomic mass is 10.3. The van der Waals surface area contributed by atoms with Crippen LogP contribution in [0.1, 0.15) is 20.8 Å². The van der Waals surface area contributed by atoms with Crippen LogP contribution in [0.25, 0.3) is 0 Å². The molecule has 1 heterocycles. The number of aromatic nitrogens is 1. The number of rotatable bonds is 1. The van der Waals surface area contributed by atoms with E-state index in [-0.39, 0.29) is 4.75 Å². The van der Waals surface area contributed by atoms with Crippen molar-refractivity contribution in [1.29, 1.82) is 0 Å². The molecular formula is C7H11NS2. The van der Waals surface area contributed by atoms with E-state index in [2.05, 4.69) is 25.8 Å². The molecule has 1 aromatic rings. The van der Waals surface area contributed by atoms with Gasteiger partial charge in [0.1, 0.15) is 4.34 Å². The summed E-state index contributed by atoms with van der Waals surface area (Å²) in [6, 6.07) is 0. The molecule has 0 unspecified atom stereocenters. The van der Waals surface area contributed by atoms with Crippen LogP contribution in [0.2, 0.25) is 0 Å². The van der Waals surface area contributed by atoms with Crippen LogP contribution in [0, 0.1) is 0 Å². The van der Waals surface area contributed by atoms with Crippen molar-refractivity contribution in [2.45, 2.75) is 29.9 Å². The zero-order valence-electron chi connectivity index (χ0n) is 6.42. The molecule has 0 amide bonds. The molecule has 0 saturated carbocycles. The summed E-state index contributed by atoms with van der Waals surface area (Å²) >= 11 is 3.52. The molecule has 1 nitrogen and oxygen atoms in total. The Bertz CT molecular complexity index is 186. The summed E-state index contributed by atoms with van der Waals surface area (Å²) in [5.41, 5.74) is 0. The molecule has 0 saturated heterocycles. The second kappa shape index (κ2) is 2.93. The van der Waals surface area contributed by atoms with Gasteiger partial charge in [0.2, 0.25) is 0 Å². The zero-order chi connectivity index (χ0) is 7.61. The first-order valence-electron chi connectivity index (χ1n) is 3.16. The number of hydrogen-bond donors (Lipinski definition) is 0. The minimum atomic E-state index is 0.290. The van der Waals surface area contributed by atoms with Crippen molar-refractivity contribution in [3.05, 3.63) is 11.6 Å². The minimum absolute atomic E-state index is 0.290. The molecule has 1 rings (SSSR count). The van der Waals surface area contributed by atoms with Gasteiger partial charge in [0.25, 0.3) is 0 Å². The van der Waals surface area contributed by atoms with Crippen LogP contribution in [0.15, 0.2) is 15.9 Å². The number of nitrogens with zero attached hydrogens (tertiary/aromatic N) is 1. The Morgan fingerprint density at radius 2 is 2.20 bits per heavy atom. The standard InChI is InChI=1S/C7H11NS2/c1-7(2,3)10-6-8-4-5-9-6/h4-5H,1-3H3. The highest BCUT2D eigenvalue weighted by atomic mass is 32.2. The van der Waals surface area contributed by atoms with Gasteiger partial charge >= 0.3 is 0 Å². The average Bonchev–Trinajstić information content (AvgIpc) is 2.12. The highest BCUT2D eigenvalue weighted by Gasteiger charge is 2.12. The molecule has 0 spiro atoms. The van der Waals surface area contributed by atoms with Crippen molar-refractivity contribution in [2.75, 3.05) is 0 Å². The lowest BCUT2D eigenvalue weighted by molar-refractivity contribution is 0.802. The SMILES string of the molecule is CC(C)(C)Sc1nccs1. The van der Waals surface area contributed by atoms with Gasteiger partial charge in [0.05, 0.1) is 0 Å². The van der Waals surface area contributed by atoms with Crippen molar-refractivity contribution in [3.8, 4) is 0 Å². The second-order valence-electron chi connectivity index (χ2n) is 3.01. The molecule has 0 aliphatic carbocycles. The Balaban J connectivity index is 2.57. The molecule has 1 aromatic heterocycles. The fourth-order valence-electron chi connectivity index (χ4n) is 0.523. The highest BCUT2D eigenvalue weighted by molar-refractivity contribution is 8.02. The smallest absolute Gasteiger partial charge is 0.150 e. The molecule has 0 atom stereocenters. The molecule has 0 fully saturated rings. The van der Waals surface area contributed by atoms with Crippen LogP contribution in [-0.4, -0.2) is 9.73 Å². The second-order valence-corrected chi connectivity index (χ2v) is 5.98. The molecule has 3 heteroatoms. The maximum Gasteiger partial charge on any atom is 0.150 e. The summed E-state index contributed by atoms with van der Waals surface area (Å²) in [4.78, 5) is 4.18. The zero-order valence-corrected chi connectivity index (χ0v) is 8.05. The quantitative estimate of drug-likeness (QED) is 0.605. The highest BCUT2D eigenvalue weighted by Crippen LogP contribution is 2.32. The molecule has 10 heavy (non-hydrogen) atoms. The first-order chi connectivity index (χ1) is 4.58. The van der Waals surface area contributed by atoms with Crippen molar-refractivity contribution < 1.29 is 0 Å². The van der Waals surface area contributed by atoms with Gasteiger partial charge in [0, 0.05) is 16.3 Å². The maximum absolute atomic E-state index is 4.18. The monoisotopic (exact) mass is 173 g/mol. The third-order valence-corrected chi connectivity index (χ3v) is 2.80. The number of hydrogen-bond acceptors (Lipinski definition) is 3. The molecular weight excluding hydrogens is 162 g/mol. The van der Waals surface area contributed by atoms with Crippen molar-refractivity contribution >= 4 is 23.1 Å². The van der Waals surface area contributed by atoms with Gasteiger partial charge in [-0.25, -0.2) is 4.98 Å². The van der Waals surface area contributed by atoms with E-state index in [0.29, 0.717) is 0 Å².